The summed E-state index contributed by atoms with van der Waals surface area (Å²) >= 11 is 0. The fraction of sp³-hybridized carbons (Fsp3) is 0. The lowest BCUT2D eigenvalue weighted by Crippen LogP contribution is -2.04. The highest BCUT2D eigenvalue weighted by molar-refractivity contribution is 6.15. The molecule has 0 aliphatic rings. The summed E-state index contributed by atoms with van der Waals surface area (Å²) in [6, 6.07) is 110. The SMILES string of the molecule is N#Cc1cccc(-c2ccc(-n3c4ccccc4c4cc(-n5c6ccccc6c6ccccc65)ccc43)c(-c3cc(-c4nc(-c5ccccc5)nc(-c5ccccc5)n4)ccc3-n3c4ccccc4c4cc(-n5c6ccccc6c6ccccc65)ccc43)c2)c1. The van der Waals surface area contributed by atoms with Crippen LogP contribution < -0.4 is 0 Å². The van der Waals surface area contributed by atoms with E-state index < -0.39 is 0 Å². The van der Waals surface area contributed by atoms with Crippen LogP contribution in [0.2, 0.25) is 0 Å². The average molecular weight is 1150 g/mol. The molecule has 0 fully saturated rings. The van der Waals surface area contributed by atoms with Crippen LogP contribution in [0.4, 0.5) is 0 Å². The molecule has 0 spiro atoms. The van der Waals surface area contributed by atoms with Gasteiger partial charge in [0, 0.05) is 82.3 Å². The number of hydrogen-bond donors (Lipinski definition) is 0. The lowest BCUT2D eigenvalue weighted by molar-refractivity contribution is 1.07. The smallest absolute Gasteiger partial charge is 0.164 e. The Balaban J connectivity index is 0.933. The van der Waals surface area contributed by atoms with Crippen molar-refractivity contribution >= 4 is 87.2 Å². The summed E-state index contributed by atoms with van der Waals surface area (Å²) in [7, 11) is 0. The predicted octanol–water partition coefficient (Wildman–Crippen LogP) is 20.5. The maximum atomic E-state index is 10.3. The van der Waals surface area contributed by atoms with Crippen LogP contribution in [-0.4, -0.2) is 33.2 Å². The number of hydrogen-bond acceptors (Lipinski definition) is 4. The topological polar surface area (TPSA) is 82.2 Å². The Hall–Kier alpha value is -12.4. The highest BCUT2D eigenvalue weighted by Crippen LogP contribution is 2.46. The van der Waals surface area contributed by atoms with Crippen LogP contribution in [-0.2, 0) is 0 Å². The van der Waals surface area contributed by atoms with Crippen molar-refractivity contribution in [2.75, 3.05) is 0 Å². The standard InChI is InChI=1S/C82H50N8/c83-51-52-20-19-25-55(46-52)56-38-42-76(89-74-36-17-11-30-64(74)68-49-58(40-44-78(68)89)87-70-32-13-7-26-60(70)61-27-8-14-33-71(61)87)66(47-56)67-48-57(82-85-80(53-21-3-1-4-22-53)84-81(86-82)54-23-5-2-6-24-54)39-43-77(67)90-75-37-18-12-31-65(75)69-50-59(41-45-79(69)90)88-72-34-15-9-28-62(72)63-29-10-16-35-73(63)88/h1-50H. The van der Waals surface area contributed by atoms with Gasteiger partial charge >= 0.3 is 0 Å². The highest BCUT2D eigenvalue weighted by atomic mass is 15.0. The number of nitrogens with zero attached hydrogens (tertiary/aromatic N) is 8. The summed E-state index contributed by atoms with van der Waals surface area (Å²) in [5.74, 6) is 1.71. The minimum absolute atomic E-state index is 0.544. The summed E-state index contributed by atoms with van der Waals surface area (Å²) in [5.41, 5.74) is 20.0. The van der Waals surface area contributed by atoms with E-state index in [0.717, 1.165) is 127 Å². The first-order valence-corrected chi connectivity index (χ1v) is 30.3. The largest absolute Gasteiger partial charge is 0.309 e. The van der Waals surface area contributed by atoms with Crippen molar-refractivity contribution in [1.82, 2.24) is 33.2 Å². The van der Waals surface area contributed by atoms with Gasteiger partial charge in [-0.05, 0) is 126 Å². The molecule has 0 radical (unpaired) electrons. The highest BCUT2D eigenvalue weighted by Gasteiger charge is 2.25. The fourth-order valence-electron chi connectivity index (χ4n) is 14.0. The van der Waals surface area contributed by atoms with Gasteiger partial charge in [0.05, 0.1) is 67.1 Å². The van der Waals surface area contributed by atoms with Crippen LogP contribution in [0.3, 0.4) is 0 Å². The molecule has 8 heteroatoms. The number of para-hydroxylation sites is 6. The van der Waals surface area contributed by atoms with E-state index in [4.69, 9.17) is 15.0 Å². The Kier molecular flexibility index (Phi) is 11.5. The molecule has 0 aliphatic carbocycles. The van der Waals surface area contributed by atoms with Crippen LogP contribution in [0.5, 0.6) is 0 Å². The number of aromatic nitrogens is 7. The van der Waals surface area contributed by atoms with Gasteiger partial charge in [0.25, 0.3) is 0 Å². The van der Waals surface area contributed by atoms with E-state index >= 15 is 0 Å². The molecule has 0 saturated heterocycles. The third-order valence-electron chi connectivity index (χ3n) is 18.0. The van der Waals surface area contributed by atoms with Gasteiger partial charge in [-0.2, -0.15) is 5.26 Å². The predicted molar refractivity (Wildman–Crippen MR) is 369 cm³/mol. The molecule has 18 aromatic rings. The molecule has 0 amide bonds. The quantitative estimate of drug-likeness (QED) is 0.144. The molecule has 0 aliphatic heterocycles. The molecule has 90 heavy (non-hydrogen) atoms. The van der Waals surface area contributed by atoms with E-state index in [0.29, 0.717) is 23.0 Å². The summed E-state index contributed by atoms with van der Waals surface area (Å²) in [6.45, 7) is 0. The molecule has 418 valence electrons. The lowest BCUT2D eigenvalue weighted by Gasteiger charge is -2.21. The van der Waals surface area contributed by atoms with Gasteiger partial charge in [-0.15, -0.1) is 0 Å². The second kappa shape index (κ2) is 20.3. The molecular formula is C82H50N8. The van der Waals surface area contributed by atoms with E-state index in [9.17, 15) is 5.26 Å². The maximum Gasteiger partial charge on any atom is 0.164 e. The summed E-state index contributed by atoms with van der Waals surface area (Å²) in [6.07, 6.45) is 0. The van der Waals surface area contributed by atoms with E-state index in [1.165, 1.54) is 21.5 Å². The minimum Gasteiger partial charge on any atom is -0.309 e. The van der Waals surface area contributed by atoms with Crippen LogP contribution >= 0.6 is 0 Å². The van der Waals surface area contributed by atoms with E-state index in [1.54, 1.807) is 0 Å². The van der Waals surface area contributed by atoms with Gasteiger partial charge in [0.15, 0.2) is 17.5 Å². The van der Waals surface area contributed by atoms with Crippen molar-refractivity contribution in [1.29, 1.82) is 5.26 Å². The average Bonchev–Trinajstić information content (AvgIpc) is 1.58. The Morgan fingerprint density at radius 2 is 0.556 bits per heavy atom. The molecule has 13 aromatic carbocycles. The number of fused-ring (bicyclic) bond motifs is 12. The zero-order valence-electron chi connectivity index (χ0n) is 48.4. The Labute approximate surface area is 516 Å². The van der Waals surface area contributed by atoms with Gasteiger partial charge in [0.2, 0.25) is 0 Å². The molecule has 0 saturated carbocycles. The Morgan fingerprint density at radius 1 is 0.233 bits per heavy atom. The fourth-order valence-corrected chi connectivity index (χ4v) is 14.0. The first-order chi connectivity index (χ1) is 44.6. The number of nitriles is 1. The second-order valence-electron chi connectivity index (χ2n) is 23.0. The van der Waals surface area contributed by atoms with Crippen LogP contribution in [0.25, 0.3) is 166 Å². The monoisotopic (exact) mass is 1150 g/mol. The summed E-state index contributed by atoms with van der Waals surface area (Å²) in [4.78, 5) is 15.8. The van der Waals surface area contributed by atoms with E-state index in [2.05, 4.69) is 249 Å². The van der Waals surface area contributed by atoms with Crippen molar-refractivity contribution in [3.8, 4) is 85.2 Å². The van der Waals surface area contributed by atoms with Crippen molar-refractivity contribution < 1.29 is 0 Å². The van der Waals surface area contributed by atoms with Crippen LogP contribution in [0.1, 0.15) is 5.56 Å². The second-order valence-corrected chi connectivity index (χ2v) is 23.0. The third kappa shape index (κ3) is 7.97. The molecule has 5 aromatic heterocycles. The normalized spacial score (nSPS) is 11.8. The van der Waals surface area contributed by atoms with Gasteiger partial charge in [-0.3, -0.25) is 0 Å². The molecule has 0 unspecified atom stereocenters. The molecule has 0 atom stereocenters. The molecule has 8 nitrogen and oxygen atoms in total. The molecule has 0 bridgehead atoms. The first-order valence-electron chi connectivity index (χ1n) is 30.3. The van der Waals surface area contributed by atoms with Crippen molar-refractivity contribution in [3.05, 3.63) is 309 Å². The maximum absolute atomic E-state index is 10.3. The Morgan fingerprint density at radius 3 is 0.978 bits per heavy atom. The number of benzene rings is 13. The first kappa shape index (κ1) is 50.8. The zero-order chi connectivity index (χ0) is 59.4. The molecule has 5 heterocycles. The van der Waals surface area contributed by atoms with E-state index in [1.807, 2.05) is 78.9 Å². The Bertz CT molecular complexity index is 5830. The van der Waals surface area contributed by atoms with Gasteiger partial charge in [-0.1, -0.05) is 188 Å². The number of rotatable bonds is 9. The van der Waals surface area contributed by atoms with E-state index in [-0.39, 0.29) is 0 Å². The van der Waals surface area contributed by atoms with Crippen LogP contribution in [0.15, 0.2) is 303 Å². The van der Waals surface area contributed by atoms with Gasteiger partial charge in [-0.25, -0.2) is 15.0 Å². The molecular weight excluding hydrogens is 1100 g/mol. The van der Waals surface area contributed by atoms with Crippen molar-refractivity contribution in [3.63, 3.8) is 0 Å². The van der Waals surface area contributed by atoms with Crippen molar-refractivity contribution in [2.24, 2.45) is 0 Å². The third-order valence-corrected chi connectivity index (χ3v) is 18.0. The van der Waals surface area contributed by atoms with Gasteiger partial charge in [0.1, 0.15) is 0 Å². The van der Waals surface area contributed by atoms with Crippen molar-refractivity contribution in [2.45, 2.75) is 0 Å². The lowest BCUT2D eigenvalue weighted by atomic mass is 9.93. The minimum atomic E-state index is 0.544. The zero-order valence-corrected chi connectivity index (χ0v) is 48.4. The summed E-state index contributed by atoms with van der Waals surface area (Å²) < 4.78 is 9.67. The molecule has 18 rings (SSSR count). The van der Waals surface area contributed by atoms with Crippen LogP contribution in [0, 0.1) is 11.3 Å². The molecule has 0 N–H and O–H groups in total. The summed E-state index contributed by atoms with van der Waals surface area (Å²) in [5, 5.41) is 19.7. The van der Waals surface area contributed by atoms with Gasteiger partial charge < -0.3 is 18.3 Å².